The van der Waals surface area contributed by atoms with Crippen molar-refractivity contribution in [2.75, 3.05) is 19.6 Å². The molecule has 4 rings (SSSR count). The van der Waals surface area contributed by atoms with Crippen LogP contribution in [0.5, 0.6) is 0 Å². The fourth-order valence-electron chi connectivity index (χ4n) is 4.15. The maximum Gasteiger partial charge on any atom is 0.225 e. The SMILES string of the molecule is C[C@H]1C[C@@H](C(=O)N2CCC(c3nc4ccccc4[nH]3)CC2)CCN1. The van der Waals surface area contributed by atoms with Crippen LogP contribution in [0.15, 0.2) is 24.3 Å². The van der Waals surface area contributed by atoms with Crippen molar-refractivity contribution in [3.05, 3.63) is 30.1 Å². The number of likely N-dealkylation sites (tertiary alicyclic amines) is 1. The molecule has 24 heavy (non-hydrogen) atoms. The molecular formula is C19H26N4O. The lowest BCUT2D eigenvalue weighted by Crippen LogP contribution is -2.46. The molecule has 0 radical (unpaired) electrons. The molecule has 0 aliphatic carbocycles. The number of carbonyl (C=O) groups is 1. The quantitative estimate of drug-likeness (QED) is 0.892. The summed E-state index contributed by atoms with van der Waals surface area (Å²) in [4.78, 5) is 23.0. The molecule has 0 bridgehead atoms. The number of hydrogen-bond acceptors (Lipinski definition) is 3. The predicted octanol–water partition coefficient (Wildman–Crippen LogP) is 2.66. The van der Waals surface area contributed by atoms with Crippen LogP contribution >= 0.6 is 0 Å². The second-order valence-electron chi connectivity index (χ2n) is 7.32. The Hall–Kier alpha value is -1.88. The summed E-state index contributed by atoms with van der Waals surface area (Å²) in [6.45, 7) is 4.86. The molecule has 3 heterocycles. The van der Waals surface area contributed by atoms with Gasteiger partial charge in [-0.05, 0) is 51.3 Å². The highest BCUT2D eigenvalue weighted by atomic mass is 16.2. The summed E-state index contributed by atoms with van der Waals surface area (Å²) in [6.07, 6.45) is 3.97. The number of hydrogen-bond donors (Lipinski definition) is 2. The Morgan fingerprint density at radius 3 is 2.75 bits per heavy atom. The summed E-state index contributed by atoms with van der Waals surface area (Å²) in [5.41, 5.74) is 2.14. The number of rotatable bonds is 2. The molecule has 5 heteroatoms. The number of aromatic amines is 1. The fourth-order valence-corrected chi connectivity index (χ4v) is 4.15. The molecule has 1 aromatic carbocycles. The summed E-state index contributed by atoms with van der Waals surface area (Å²) >= 11 is 0. The predicted molar refractivity (Wildman–Crippen MR) is 94.8 cm³/mol. The Kier molecular flexibility index (Phi) is 4.27. The van der Waals surface area contributed by atoms with Crippen LogP contribution in [0.1, 0.15) is 44.3 Å². The maximum atomic E-state index is 12.8. The van der Waals surface area contributed by atoms with Crippen molar-refractivity contribution in [1.82, 2.24) is 20.2 Å². The van der Waals surface area contributed by atoms with E-state index in [-0.39, 0.29) is 5.92 Å². The van der Waals surface area contributed by atoms with Crippen LogP contribution in [0.3, 0.4) is 0 Å². The minimum atomic E-state index is 0.212. The van der Waals surface area contributed by atoms with Crippen molar-refractivity contribution in [2.24, 2.45) is 5.92 Å². The first kappa shape index (κ1) is 15.6. The third kappa shape index (κ3) is 3.05. The second kappa shape index (κ2) is 6.55. The Labute approximate surface area is 142 Å². The van der Waals surface area contributed by atoms with Gasteiger partial charge in [-0.25, -0.2) is 4.98 Å². The molecule has 128 valence electrons. The van der Waals surface area contributed by atoms with Crippen LogP contribution in [0.25, 0.3) is 11.0 Å². The Bertz CT molecular complexity index is 684. The summed E-state index contributed by atoms with van der Waals surface area (Å²) in [5.74, 6) is 2.10. The van der Waals surface area contributed by atoms with Crippen LogP contribution in [-0.2, 0) is 4.79 Å². The molecule has 1 amide bonds. The number of H-pyrrole nitrogens is 1. The van der Waals surface area contributed by atoms with Gasteiger partial charge >= 0.3 is 0 Å². The van der Waals surface area contributed by atoms with E-state index in [4.69, 9.17) is 4.98 Å². The summed E-state index contributed by atoms with van der Waals surface area (Å²) in [7, 11) is 0. The van der Waals surface area contributed by atoms with Gasteiger partial charge in [0.25, 0.3) is 0 Å². The van der Waals surface area contributed by atoms with Crippen LogP contribution < -0.4 is 5.32 Å². The lowest BCUT2D eigenvalue weighted by Gasteiger charge is -2.36. The van der Waals surface area contributed by atoms with E-state index in [2.05, 4.69) is 28.2 Å². The van der Waals surface area contributed by atoms with E-state index < -0.39 is 0 Å². The van der Waals surface area contributed by atoms with E-state index in [1.165, 1.54) is 0 Å². The van der Waals surface area contributed by atoms with E-state index in [1.807, 2.05) is 18.2 Å². The maximum absolute atomic E-state index is 12.8. The molecule has 0 saturated carbocycles. The van der Waals surface area contributed by atoms with Gasteiger partial charge in [-0.1, -0.05) is 12.1 Å². The first-order valence-corrected chi connectivity index (χ1v) is 9.17. The van der Waals surface area contributed by atoms with Gasteiger partial charge in [0, 0.05) is 31.0 Å². The summed E-state index contributed by atoms with van der Waals surface area (Å²) < 4.78 is 0. The van der Waals surface area contributed by atoms with Gasteiger partial charge in [-0.3, -0.25) is 4.79 Å². The first-order chi connectivity index (χ1) is 11.7. The molecule has 2 aromatic rings. The Morgan fingerprint density at radius 2 is 2.00 bits per heavy atom. The smallest absolute Gasteiger partial charge is 0.225 e. The number of nitrogens with zero attached hydrogens (tertiary/aromatic N) is 2. The molecule has 0 unspecified atom stereocenters. The normalized spacial score (nSPS) is 26.0. The zero-order valence-electron chi connectivity index (χ0n) is 14.3. The fraction of sp³-hybridized carbons (Fsp3) is 0.579. The number of aromatic nitrogens is 2. The minimum absolute atomic E-state index is 0.212. The van der Waals surface area contributed by atoms with Crippen molar-refractivity contribution in [2.45, 2.75) is 44.6 Å². The van der Waals surface area contributed by atoms with Crippen molar-refractivity contribution < 1.29 is 4.79 Å². The number of carbonyl (C=O) groups excluding carboxylic acids is 1. The highest BCUT2D eigenvalue weighted by Crippen LogP contribution is 2.29. The van der Waals surface area contributed by atoms with Gasteiger partial charge in [0.15, 0.2) is 0 Å². The average Bonchev–Trinajstić information content (AvgIpc) is 3.05. The zero-order valence-corrected chi connectivity index (χ0v) is 14.3. The lowest BCUT2D eigenvalue weighted by molar-refractivity contribution is -0.137. The standard InChI is InChI=1S/C19H26N4O/c1-13-12-15(6-9-20-13)19(24)23-10-7-14(8-11-23)18-21-16-4-2-3-5-17(16)22-18/h2-5,13-15,20H,6-12H2,1H3,(H,21,22)/t13-,15-/m0/s1. The molecule has 2 saturated heterocycles. The monoisotopic (exact) mass is 326 g/mol. The number of benzene rings is 1. The summed E-state index contributed by atoms with van der Waals surface area (Å²) in [6, 6.07) is 8.63. The van der Waals surface area contributed by atoms with Crippen molar-refractivity contribution in [3.8, 4) is 0 Å². The van der Waals surface area contributed by atoms with Gasteiger partial charge in [0.05, 0.1) is 11.0 Å². The van der Waals surface area contributed by atoms with Gasteiger partial charge < -0.3 is 15.2 Å². The van der Waals surface area contributed by atoms with Crippen LogP contribution in [-0.4, -0.2) is 46.5 Å². The van der Waals surface area contributed by atoms with Gasteiger partial charge in [-0.15, -0.1) is 0 Å². The number of para-hydroxylation sites is 2. The molecule has 2 fully saturated rings. The van der Waals surface area contributed by atoms with E-state index >= 15 is 0 Å². The highest BCUT2D eigenvalue weighted by molar-refractivity contribution is 5.79. The number of amides is 1. The highest BCUT2D eigenvalue weighted by Gasteiger charge is 2.31. The Morgan fingerprint density at radius 1 is 1.21 bits per heavy atom. The molecule has 2 aliphatic heterocycles. The van der Waals surface area contributed by atoms with Crippen LogP contribution in [0.4, 0.5) is 0 Å². The van der Waals surface area contributed by atoms with Crippen LogP contribution in [0.2, 0.25) is 0 Å². The number of fused-ring (bicyclic) bond motifs is 1. The van der Waals surface area contributed by atoms with Crippen molar-refractivity contribution >= 4 is 16.9 Å². The first-order valence-electron chi connectivity index (χ1n) is 9.17. The lowest BCUT2D eigenvalue weighted by atomic mass is 9.90. The van der Waals surface area contributed by atoms with Gasteiger partial charge in [0.2, 0.25) is 5.91 Å². The van der Waals surface area contributed by atoms with Crippen LogP contribution in [0, 0.1) is 5.92 Å². The molecule has 0 spiro atoms. The van der Waals surface area contributed by atoms with E-state index in [9.17, 15) is 4.79 Å². The average molecular weight is 326 g/mol. The third-order valence-corrected chi connectivity index (χ3v) is 5.57. The number of piperidine rings is 2. The van der Waals surface area contributed by atoms with Gasteiger partial charge in [0.1, 0.15) is 5.82 Å². The minimum Gasteiger partial charge on any atom is -0.342 e. The van der Waals surface area contributed by atoms with Crippen molar-refractivity contribution in [1.29, 1.82) is 0 Å². The molecule has 2 N–H and O–H groups in total. The largest absolute Gasteiger partial charge is 0.342 e. The zero-order chi connectivity index (χ0) is 16.5. The molecule has 1 aromatic heterocycles. The Balaban J connectivity index is 1.38. The van der Waals surface area contributed by atoms with E-state index in [0.29, 0.717) is 17.9 Å². The molecule has 2 atom stereocenters. The summed E-state index contributed by atoms with van der Waals surface area (Å²) in [5, 5.41) is 3.43. The van der Waals surface area contributed by atoms with E-state index in [1.54, 1.807) is 0 Å². The number of nitrogens with one attached hydrogen (secondary N) is 2. The van der Waals surface area contributed by atoms with Gasteiger partial charge in [-0.2, -0.15) is 0 Å². The topological polar surface area (TPSA) is 61.0 Å². The molecule has 5 nitrogen and oxygen atoms in total. The third-order valence-electron chi connectivity index (χ3n) is 5.57. The van der Waals surface area contributed by atoms with Crippen molar-refractivity contribution in [3.63, 3.8) is 0 Å². The molecule has 2 aliphatic rings. The number of imidazole rings is 1. The van der Waals surface area contributed by atoms with E-state index in [0.717, 1.165) is 62.2 Å². The second-order valence-corrected chi connectivity index (χ2v) is 7.32. The molecular weight excluding hydrogens is 300 g/mol.